The molecule has 27 heavy (non-hydrogen) atoms. The van der Waals surface area contributed by atoms with E-state index in [2.05, 4.69) is 19.1 Å². The Morgan fingerprint density at radius 1 is 0.926 bits per heavy atom. The minimum atomic E-state index is -0.122. The molecule has 1 aliphatic heterocycles. The van der Waals surface area contributed by atoms with Crippen molar-refractivity contribution in [1.29, 1.82) is 0 Å². The Morgan fingerprint density at radius 3 is 2.11 bits per heavy atom. The van der Waals surface area contributed by atoms with Gasteiger partial charge in [0.15, 0.2) is 0 Å². The average Bonchev–Trinajstić information content (AvgIpc) is 2.65. The van der Waals surface area contributed by atoms with Gasteiger partial charge in [-0.1, -0.05) is 45.4 Å². The molecule has 0 aliphatic carbocycles. The maximum Gasteiger partial charge on any atom is 0.132 e. The zero-order valence-electron chi connectivity index (χ0n) is 17.0. The highest BCUT2D eigenvalue weighted by molar-refractivity contribution is 5.35. The van der Waals surface area contributed by atoms with Gasteiger partial charge in [0.05, 0.1) is 7.11 Å². The quantitative estimate of drug-likeness (QED) is 0.314. The van der Waals surface area contributed by atoms with Crippen LogP contribution >= 0.6 is 0 Å². The first kappa shape index (κ1) is 26.5. The van der Waals surface area contributed by atoms with Crippen molar-refractivity contribution >= 4 is 5.69 Å². The van der Waals surface area contributed by atoms with Crippen molar-refractivity contribution in [3.8, 4) is 5.75 Å². The molecule has 1 aromatic carbocycles. The number of methoxy groups -OCH3 is 1. The first-order valence-corrected chi connectivity index (χ1v) is 10.2. The van der Waals surface area contributed by atoms with E-state index in [1.807, 2.05) is 12.1 Å². The van der Waals surface area contributed by atoms with Crippen molar-refractivity contribution in [2.75, 3.05) is 39.8 Å². The molecule has 1 fully saturated rings. The van der Waals surface area contributed by atoms with Crippen molar-refractivity contribution in [3.63, 3.8) is 0 Å². The largest absolute Gasteiger partial charge is 1.00 e. The Balaban J connectivity index is 0.00000338. The van der Waals surface area contributed by atoms with Gasteiger partial charge >= 0.3 is 0 Å². The summed E-state index contributed by atoms with van der Waals surface area (Å²) in [5.74, 6) is 0.922. The first-order valence-electron chi connectivity index (χ1n) is 10.2. The van der Waals surface area contributed by atoms with Gasteiger partial charge in [0.25, 0.3) is 0 Å². The molecule has 0 aromatic heterocycles. The van der Waals surface area contributed by atoms with Crippen molar-refractivity contribution in [2.24, 2.45) is 0 Å². The number of hydrogen-bond donors (Lipinski definition) is 3. The summed E-state index contributed by atoms with van der Waals surface area (Å²) in [5.41, 5.74) is 1.35. The van der Waals surface area contributed by atoms with Gasteiger partial charge in [-0.25, -0.2) is 0 Å². The SMILES string of the molecule is CCCCCCCCC(O)C[NH+]1CC[NH+](c2ccc(OC)cc2)CC1.[Cl-].[Cl-]. The number of benzene rings is 1. The minimum absolute atomic E-state index is 0. The van der Waals surface area contributed by atoms with Gasteiger partial charge in [-0.2, -0.15) is 0 Å². The molecule has 0 radical (unpaired) electrons. The van der Waals surface area contributed by atoms with Crippen LogP contribution in [0, 0.1) is 0 Å². The van der Waals surface area contributed by atoms with E-state index in [0.717, 1.165) is 44.9 Å². The molecular weight excluding hydrogens is 383 g/mol. The molecule has 0 spiro atoms. The number of quaternary nitrogens is 2. The van der Waals surface area contributed by atoms with Gasteiger partial charge in [0, 0.05) is 12.1 Å². The van der Waals surface area contributed by atoms with Gasteiger partial charge in [-0.15, -0.1) is 0 Å². The lowest BCUT2D eigenvalue weighted by Crippen LogP contribution is -3.26. The number of unbranched alkanes of at least 4 members (excludes halogenated alkanes) is 5. The van der Waals surface area contributed by atoms with Gasteiger partial charge in [0.1, 0.15) is 50.3 Å². The van der Waals surface area contributed by atoms with Gasteiger partial charge < -0.3 is 39.6 Å². The standard InChI is InChI=1S/C21H36N2O2.2ClH/c1-3-4-5-6-7-8-9-20(24)18-22-14-16-23(17-15-22)19-10-12-21(25-2)13-11-19;;/h10-13,20,24H,3-9,14-18H2,1-2H3;2*1H. The molecule has 158 valence electrons. The van der Waals surface area contributed by atoms with E-state index >= 15 is 0 Å². The topological polar surface area (TPSA) is 38.3 Å². The van der Waals surface area contributed by atoms with Crippen molar-refractivity contribution < 1.29 is 44.5 Å². The predicted molar refractivity (Wildman–Crippen MR) is 103 cm³/mol. The number of aliphatic hydroxyl groups excluding tert-OH is 1. The number of nitrogens with one attached hydrogen (secondary N) is 2. The summed E-state index contributed by atoms with van der Waals surface area (Å²) in [5, 5.41) is 10.3. The van der Waals surface area contributed by atoms with E-state index in [-0.39, 0.29) is 30.9 Å². The lowest BCUT2D eigenvalue weighted by molar-refractivity contribution is -0.988. The molecule has 1 unspecified atom stereocenters. The Labute approximate surface area is 178 Å². The van der Waals surface area contributed by atoms with Gasteiger partial charge in [0.2, 0.25) is 0 Å². The lowest BCUT2D eigenvalue weighted by Gasteiger charge is -2.30. The summed E-state index contributed by atoms with van der Waals surface area (Å²) in [6, 6.07) is 8.44. The number of rotatable bonds is 11. The van der Waals surface area contributed by atoms with E-state index in [1.165, 1.54) is 44.2 Å². The monoisotopic (exact) mass is 420 g/mol. The van der Waals surface area contributed by atoms with Gasteiger partial charge in [-0.05, 0) is 18.6 Å². The number of piperazine rings is 1. The fourth-order valence-electron chi connectivity index (χ4n) is 3.82. The molecule has 6 heteroatoms. The van der Waals surface area contributed by atoms with E-state index in [4.69, 9.17) is 4.74 Å². The Bertz CT molecular complexity index is 466. The third kappa shape index (κ3) is 10.00. The second-order valence-corrected chi connectivity index (χ2v) is 7.50. The molecule has 1 saturated heterocycles. The normalized spacial score (nSPS) is 20.3. The summed E-state index contributed by atoms with van der Waals surface area (Å²) in [4.78, 5) is 3.12. The van der Waals surface area contributed by atoms with Crippen LogP contribution < -0.4 is 39.4 Å². The van der Waals surface area contributed by atoms with Crippen LogP contribution in [-0.4, -0.2) is 51.0 Å². The minimum Gasteiger partial charge on any atom is -1.00 e. The first-order chi connectivity index (χ1) is 12.2. The molecule has 1 aliphatic rings. The molecule has 3 N–H and O–H groups in total. The smallest absolute Gasteiger partial charge is 0.132 e. The molecule has 0 bridgehead atoms. The van der Waals surface area contributed by atoms with Crippen LogP contribution in [0.15, 0.2) is 24.3 Å². The second kappa shape index (κ2) is 15.4. The fraction of sp³-hybridized carbons (Fsp3) is 0.714. The molecule has 0 amide bonds. The van der Waals surface area contributed by atoms with Crippen LogP contribution in [-0.2, 0) is 0 Å². The van der Waals surface area contributed by atoms with Crippen molar-refractivity contribution in [3.05, 3.63) is 24.3 Å². The Hall–Kier alpha value is -0.520. The highest BCUT2D eigenvalue weighted by Gasteiger charge is 2.25. The Morgan fingerprint density at radius 2 is 1.52 bits per heavy atom. The lowest BCUT2D eigenvalue weighted by atomic mass is 10.1. The second-order valence-electron chi connectivity index (χ2n) is 7.50. The summed E-state index contributed by atoms with van der Waals surface area (Å²) in [6.07, 6.45) is 8.66. The van der Waals surface area contributed by atoms with E-state index < -0.39 is 0 Å². The van der Waals surface area contributed by atoms with E-state index in [0.29, 0.717) is 0 Å². The van der Waals surface area contributed by atoms with Gasteiger partial charge in [-0.3, -0.25) is 4.90 Å². The fourth-order valence-corrected chi connectivity index (χ4v) is 3.82. The predicted octanol–water partition coefficient (Wildman–Crippen LogP) is -4.77. The Kier molecular flexibility index (Phi) is 15.1. The maximum atomic E-state index is 10.3. The van der Waals surface area contributed by atoms with Crippen molar-refractivity contribution in [1.82, 2.24) is 0 Å². The summed E-state index contributed by atoms with van der Waals surface area (Å²) >= 11 is 0. The third-order valence-corrected chi connectivity index (χ3v) is 5.47. The van der Waals surface area contributed by atoms with Crippen LogP contribution in [0.25, 0.3) is 0 Å². The number of halogens is 2. The zero-order chi connectivity index (χ0) is 17.9. The summed E-state index contributed by atoms with van der Waals surface area (Å²) in [7, 11) is 1.71. The molecule has 1 atom stereocenters. The average molecular weight is 421 g/mol. The van der Waals surface area contributed by atoms with E-state index in [1.54, 1.807) is 16.9 Å². The molecular formula is C21H38Cl2N2O2. The number of hydrogen-bond acceptors (Lipinski definition) is 2. The van der Waals surface area contributed by atoms with Crippen LogP contribution in [0.4, 0.5) is 5.69 Å². The number of aliphatic hydroxyl groups is 1. The van der Waals surface area contributed by atoms with Crippen LogP contribution in [0.5, 0.6) is 5.75 Å². The molecule has 4 nitrogen and oxygen atoms in total. The summed E-state index contributed by atoms with van der Waals surface area (Å²) < 4.78 is 5.24. The molecule has 1 heterocycles. The molecule has 0 saturated carbocycles. The van der Waals surface area contributed by atoms with E-state index in [9.17, 15) is 5.11 Å². The van der Waals surface area contributed by atoms with Crippen LogP contribution in [0.1, 0.15) is 51.9 Å². The zero-order valence-corrected chi connectivity index (χ0v) is 18.5. The molecule has 1 aromatic rings. The highest BCUT2D eigenvalue weighted by atomic mass is 35.5. The summed E-state index contributed by atoms with van der Waals surface area (Å²) in [6.45, 7) is 7.76. The number of ether oxygens (including phenoxy) is 1. The molecule has 2 rings (SSSR count). The highest BCUT2D eigenvalue weighted by Crippen LogP contribution is 2.12. The van der Waals surface area contributed by atoms with Crippen LogP contribution in [0.2, 0.25) is 0 Å². The van der Waals surface area contributed by atoms with Crippen molar-refractivity contribution in [2.45, 2.75) is 58.0 Å². The third-order valence-electron chi connectivity index (χ3n) is 5.47. The van der Waals surface area contributed by atoms with Crippen LogP contribution in [0.3, 0.4) is 0 Å². The maximum absolute atomic E-state index is 10.3.